The number of nitriles is 1. The molecule has 38 heavy (non-hydrogen) atoms. The minimum absolute atomic E-state index is 0.115. The van der Waals surface area contributed by atoms with Crippen LogP contribution in [0.5, 0.6) is 0 Å². The van der Waals surface area contributed by atoms with Crippen LogP contribution in [0.25, 0.3) is 22.0 Å². The maximum absolute atomic E-state index is 11.8. The highest BCUT2D eigenvalue weighted by Gasteiger charge is 2.45. The molecule has 8 nitrogen and oxygen atoms in total. The second kappa shape index (κ2) is 11.8. The third-order valence-corrected chi connectivity index (χ3v) is 9.52. The van der Waals surface area contributed by atoms with Gasteiger partial charge in [0.2, 0.25) is 11.8 Å². The Bertz CT molecular complexity index is 1310. The van der Waals surface area contributed by atoms with Crippen molar-refractivity contribution < 1.29 is 13.4 Å². The van der Waals surface area contributed by atoms with Gasteiger partial charge in [-0.05, 0) is 44.7 Å². The molecule has 1 amide bonds. The molecule has 1 N–H and O–H groups in total. The molecule has 10 heteroatoms. The van der Waals surface area contributed by atoms with Gasteiger partial charge in [0.05, 0.1) is 17.3 Å². The van der Waals surface area contributed by atoms with Crippen LogP contribution in [0.15, 0.2) is 41.1 Å². The third-order valence-electron chi connectivity index (χ3n) is 7.34. The summed E-state index contributed by atoms with van der Waals surface area (Å²) >= 11 is 1.57. The minimum atomic E-state index is -0.651. The van der Waals surface area contributed by atoms with Crippen molar-refractivity contribution in [1.82, 2.24) is 15.3 Å². The molecule has 2 aromatic heterocycles. The van der Waals surface area contributed by atoms with E-state index in [1.54, 1.807) is 23.8 Å². The fraction of sp³-hybridized carbons (Fsp3) is 0.500. The van der Waals surface area contributed by atoms with Crippen LogP contribution in [0.3, 0.4) is 0 Å². The first-order valence-corrected chi connectivity index (χ1v) is 15.6. The van der Waals surface area contributed by atoms with Gasteiger partial charge in [-0.2, -0.15) is 5.26 Å². The predicted molar refractivity (Wildman–Crippen MR) is 150 cm³/mol. The van der Waals surface area contributed by atoms with Gasteiger partial charge in [0.1, 0.15) is 22.4 Å². The van der Waals surface area contributed by atoms with Crippen LogP contribution in [0.4, 0.5) is 5.69 Å². The molecule has 3 aliphatic rings. The molecule has 3 aromatic rings. The summed E-state index contributed by atoms with van der Waals surface area (Å²) in [5, 5.41) is 12.7. The SMILES string of the molecule is Cc1ncc(-c2nc(-c3ccc(N4CCS(=O)CC4)cc3)co2)s1.N#CC1(NC(=O)C2CCCCC2)CC1. The van der Waals surface area contributed by atoms with E-state index >= 15 is 0 Å². The number of amides is 1. The van der Waals surface area contributed by atoms with E-state index in [-0.39, 0.29) is 11.8 Å². The molecular formula is C28H33N5O3S2. The van der Waals surface area contributed by atoms with E-state index in [0.29, 0.717) is 5.89 Å². The number of nitrogens with one attached hydrogen (secondary N) is 1. The fourth-order valence-corrected chi connectivity index (χ4v) is 6.57. The Hall–Kier alpha value is -3.03. The highest BCUT2D eigenvalue weighted by molar-refractivity contribution is 7.85. The first-order chi connectivity index (χ1) is 18.4. The van der Waals surface area contributed by atoms with Crippen molar-refractivity contribution in [1.29, 1.82) is 5.26 Å². The molecule has 3 fully saturated rings. The second-order valence-corrected chi connectivity index (χ2v) is 13.1. The summed E-state index contributed by atoms with van der Waals surface area (Å²) in [6.07, 6.45) is 10.7. The van der Waals surface area contributed by atoms with E-state index < -0.39 is 16.3 Å². The zero-order chi connectivity index (χ0) is 26.5. The number of anilines is 1. The number of carbonyl (C=O) groups excluding carboxylic acids is 1. The smallest absolute Gasteiger partial charge is 0.238 e. The van der Waals surface area contributed by atoms with Gasteiger partial charge in [0, 0.05) is 52.6 Å². The maximum Gasteiger partial charge on any atom is 0.238 e. The Morgan fingerprint density at radius 2 is 1.89 bits per heavy atom. The molecule has 2 aliphatic carbocycles. The fourth-order valence-electron chi connectivity index (χ4n) is 4.81. The van der Waals surface area contributed by atoms with Gasteiger partial charge in [0.15, 0.2) is 0 Å². The number of carbonyl (C=O) groups is 1. The van der Waals surface area contributed by atoms with Crippen molar-refractivity contribution in [3.8, 4) is 28.1 Å². The molecule has 1 saturated heterocycles. The summed E-state index contributed by atoms with van der Waals surface area (Å²) in [6, 6.07) is 10.5. The van der Waals surface area contributed by atoms with Crippen LogP contribution in [-0.4, -0.2) is 50.2 Å². The molecule has 0 atom stereocenters. The van der Waals surface area contributed by atoms with E-state index in [4.69, 9.17) is 9.68 Å². The van der Waals surface area contributed by atoms with Crippen LogP contribution < -0.4 is 10.2 Å². The van der Waals surface area contributed by atoms with Crippen molar-refractivity contribution in [2.45, 2.75) is 57.4 Å². The van der Waals surface area contributed by atoms with Crippen LogP contribution in [0.2, 0.25) is 0 Å². The average Bonchev–Trinajstić information content (AvgIpc) is 3.32. The Morgan fingerprint density at radius 1 is 1.18 bits per heavy atom. The lowest BCUT2D eigenvalue weighted by Crippen LogP contribution is -2.40. The van der Waals surface area contributed by atoms with Gasteiger partial charge in [-0.3, -0.25) is 9.00 Å². The van der Waals surface area contributed by atoms with Crippen molar-refractivity contribution >= 4 is 33.7 Å². The zero-order valence-electron chi connectivity index (χ0n) is 21.6. The Kier molecular flexibility index (Phi) is 8.24. The van der Waals surface area contributed by atoms with Gasteiger partial charge in [-0.1, -0.05) is 31.4 Å². The number of benzene rings is 1. The van der Waals surface area contributed by atoms with Crippen molar-refractivity contribution in [2.75, 3.05) is 29.5 Å². The summed E-state index contributed by atoms with van der Waals surface area (Å²) in [7, 11) is -0.651. The van der Waals surface area contributed by atoms with Crippen LogP contribution >= 0.6 is 11.3 Å². The van der Waals surface area contributed by atoms with E-state index in [2.05, 4.69) is 50.5 Å². The molecule has 0 spiro atoms. The first-order valence-electron chi connectivity index (χ1n) is 13.3. The van der Waals surface area contributed by atoms with Gasteiger partial charge in [-0.15, -0.1) is 11.3 Å². The summed E-state index contributed by atoms with van der Waals surface area (Å²) in [4.78, 5) is 23.8. The number of thiazole rings is 1. The van der Waals surface area contributed by atoms with Crippen LogP contribution in [0.1, 0.15) is 50.0 Å². The molecule has 6 rings (SSSR count). The largest absolute Gasteiger partial charge is 0.443 e. The van der Waals surface area contributed by atoms with Crippen molar-refractivity contribution in [3.05, 3.63) is 41.7 Å². The molecule has 1 aliphatic heterocycles. The minimum Gasteiger partial charge on any atom is -0.443 e. The normalized spacial score (nSPS) is 19.2. The summed E-state index contributed by atoms with van der Waals surface area (Å²) < 4.78 is 17.1. The number of aromatic nitrogens is 2. The van der Waals surface area contributed by atoms with E-state index in [1.807, 2.05) is 6.92 Å². The van der Waals surface area contributed by atoms with Gasteiger partial charge >= 0.3 is 0 Å². The summed E-state index contributed by atoms with van der Waals surface area (Å²) in [5.74, 6) is 2.40. The number of nitrogens with zero attached hydrogens (tertiary/aromatic N) is 4. The average molecular weight is 552 g/mol. The Labute approximate surface area is 229 Å². The summed E-state index contributed by atoms with van der Waals surface area (Å²) in [6.45, 7) is 3.67. The highest BCUT2D eigenvalue weighted by Crippen LogP contribution is 2.35. The zero-order valence-corrected chi connectivity index (χ0v) is 23.3. The number of oxazole rings is 1. The third kappa shape index (κ3) is 6.51. The first kappa shape index (κ1) is 26.6. The van der Waals surface area contributed by atoms with Crippen LogP contribution in [-0.2, 0) is 15.6 Å². The lowest BCUT2D eigenvalue weighted by Gasteiger charge is -2.28. The highest BCUT2D eigenvalue weighted by atomic mass is 32.2. The molecule has 1 aromatic carbocycles. The number of rotatable bonds is 5. The standard InChI is InChI=1S/C17H17N3O2S2.C11H16N2O/c1-12-18-10-16(23-12)17-19-15(11-22-17)13-2-4-14(5-3-13)20-6-8-24(21)9-7-20;12-8-11(6-7-11)13-10(14)9-4-2-1-3-5-9/h2-5,10-11H,6-9H2,1H3;9H,1-7H2,(H,13,14). The number of aryl methyl sites for hydroxylation is 1. The molecular weight excluding hydrogens is 518 g/mol. The topological polar surface area (TPSA) is 112 Å². The van der Waals surface area contributed by atoms with Gasteiger partial charge in [-0.25, -0.2) is 9.97 Å². The number of hydrogen-bond acceptors (Lipinski definition) is 8. The van der Waals surface area contributed by atoms with E-state index in [9.17, 15) is 9.00 Å². The van der Waals surface area contributed by atoms with Gasteiger partial charge in [0.25, 0.3) is 0 Å². The van der Waals surface area contributed by atoms with E-state index in [0.717, 1.165) is 89.9 Å². The Morgan fingerprint density at radius 3 is 2.50 bits per heavy atom. The summed E-state index contributed by atoms with van der Waals surface area (Å²) in [5.41, 5.74) is 2.53. The van der Waals surface area contributed by atoms with E-state index in [1.165, 1.54) is 6.42 Å². The second-order valence-electron chi connectivity index (χ2n) is 10.2. The molecule has 200 valence electrons. The van der Waals surface area contributed by atoms with Gasteiger partial charge < -0.3 is 14.6 Å². The van der Waals surface area contributed by atoms with Crippen molar-refractivity contribution in [2.24, 2.45) is 5.92 Å². The maximum atomic E-state index is 11.8. The monoisotopic (exact) mass is 551 g/mol. The lowest BCUT2D eigenvalue weighted by atomic mass is 9.88. The number of hydrogen-bond donors (Lipinski definition) is 1. The molecule has 0 bridgehead atoms. The molecule has 0 unspecified atom stereocenters. The lowest BCUT2D eigenvalue weighted by molar-refractivity contribution is -0.126. The van der Waals surface area contributed by atoms with Crippen molar-refractivity contribution in [3.63, 3.8) is 0 Å². The molecule has 2 saturated carbocycles. The quantitative estimate of drug-likeness (QED) is 0.470. The predicted octanol–water partition coefficient (Wildman–Crippen LogP) is 5.08. The van der Waals surface area contributed by atoms with Crippen LogP contribution in [0, 0.1) is 24.2 Å². The molecule has 3 heterocycles. The Balaban J connectivity index is 0.000000179. The molecule has 0 radical (unpaired) electrons.